The van der Waals surface area contributed by atoms with Gasteiger partial charge in [0.25, 0.3) is 0 Å². The lowest BCUT2D eigenvalue weighted by Crippen LogP contribution is -2.27. The second kappa shape index (κ2) is 5.96. The van der Waals surface area contributed by atoms with Crippen LogP contribution in [0.3, 0.4) is 0 Å². The standard InChI is InChI=1S/C12H13F4NO.ClH/c13-9-6-8(11(17)7-2-1-3-7)4-5-10(9)18-12(14,15)16;/h4-7,11H,1-3,17H2;1H/t11-;/m0./s1. The highest BCUT2D eigenvalue weighted by Gasteiger charge is 2.33. The maximum Gasteiger partial charge on any atom is 0.573 e. The third-order valence-electron chi connectivity index (χ3n) is 3.22. The molecule has 1 aliphatic rings. The summed E-state index contributed by atoms with van der Waals surface area (Å²) in [6, 6.07) is 3.04. The fraction of sp³-hybridized carbons (Fsp3) is 0.500. The molecule has 1 atom stereocenters. The van der Waals surface area contributed by atoms with Gasteiger partial charge in [0.1, 0.15) is 0 Å². The van der Waals surface area contributed by atoms with E-state index in [0.717, 1.165) is 31.4 Å². The molecule has 0 heterocycles. The molecule has 0 amide bonds. The van der Waals surface area contributed by atoms with Crippen LogP contribution in [0, 0.1) is 11.7 Å². The minimum absolute atomic E-state index is 0. The molecule has 0 spiro atoms. The molecule has 1 saturated carbocycles. The Morgan fingerprint density at radius 2 is 1.89 bits per heavy atom. The van der Waals surface area contributed by atoms with Gasteiger partial charge < -0.3 is 10.5 Å². The van der Waals surface area contributed by atoms with E-state index in [9.17, 15) is 17.6 Å². The van der Waals surface area contributed by atoms with E-state index < -0.39 is 17.9 Å². The van der Waals surface area contributed by atoms with E-state index in [1.807, 2.05) is 0 Å². The van der Waals surface area contributed by atoms with Gasteiger partial charge in [-0.1, -0.05) is 12.5 Å². The first-order valence-electron chi connectivity index (χ1n) is 5.67. The van der Waals surface area contributed by atoms with E-state index in [4.69, 9.17) is 5.73 Å². The SMILES string of the molecule is Cl.N[C@H](c1ccc(OC(F)(F)F)c(F)c1)C1CCC1. The second-order valence-electron chi connectivity index (χ2n) is 4.45. The summed E-state index contributed by atoms with van der Waals surface area (Å²) in [5.74, 6) is -1.58. The molecule has 0 unspecified atom stereocenters. The average molecular weight is 300 g/mol. The quantitative estimate of drug-likeness (QED) is 0.858. The van der Waals surface area contributed by atoms with Crippen LogP contribution in [0.4, 0.5) is 17.6 Å². The molecule has 0 bridgehead atoms. The van der Waals surface area contributed by atoms with Crippen molar-refractivity contribution in [3.05, 3.63) is 29.6 Å². The van der Waals surface area contributed by atoms with Gasteiger partial charge in [-0.2, -0.15) is 0 Å². The average Bonchev–Trinajstić information content (AvgIpc) is 2.16. The number of halogens is 5. The summed E-state index contributed by atoms with van der Waals surface area (Å²) in [5, 5.41) is 0. The van der Waals surface area contributed by atoms with Crippen LogP contribution in [0.25, 0.3) is 0 Å². The van der Waals surface area contributed by atoms with Crippen molar-refractivity contribution in [3.63, 3.8) is 0 Å². The van der Waals surface area contributed by atoms with Gasteiger partial charge in [-0.25, -0.2) is 4.39 Å². The van der Waals surface area contributed by atoms with Crippen LogP contribution in [0.5, 0.6) is 5.75 Å². The van der Waals surface area contributed by atoms with E-state index in [0.29, 0.717) is 11.5 Å². The smallest absolute Gasteiger partial charge is 0.403 e. The summed E-state index contributed by atoms with van der Waals surface area (Å²) >= 11 is 0. The third kappa shape index (κ3) is 3.98. The van der Waals surface area contributed by atoms with Crippen LogP contribution in [0.2, 0.25) is 0 Å². The number of alkyl halides is 3. The van der Waals surface area contributed by atoms with E-state index >= 15 is 0 Å². The largest absolute Gasteiger partial charge is 0.573 e. The van der Waals surface area contributed by atoms with E-state index in [-0.39, 0.29) is 18.4 Å². The topological polar surface area (TPSA) is 35.2 Å². The van der Waals surface area contributed by atoms with Crippen LogP contribution in [-0.4, -0.2) is 6.36 Å². The van der Waals surface area contributed by atoms with Crippen molar-refractivity contribution in [2.75, 3.05) is 0 Å². The minimum Gasteiger partial charge on any atom is -0.403 e. The van der Waals surface area contributed by atoms with Gasteiger partial charge in [-0.3, -0.25) is 0 Å². The molecule has 0 aliphatic heterocycles. The monoisotopic (exact) mass is 299 g/mol. The van der Waals surface area contributed by atoms with Gasteiger partial charge in [0.15, 0.2) is 11.6 Å². The highest BCUT2D eigenvalue weighted by molar-refractivity contribution is 5.85. The molecule has 1 fully saturated rings. The Bertz CT molecular complexity index is 434. The molecule has 19 heavy (non-hydrogen) atoms. The predicted molar refractivity (Wildman–Crippen MR) is 64.6 cm³/mol. The lowest BCUT2D eigenvalue weighted by atomic mass is 9.77. The van der Waals surface area contributed by atoms with Crippen molar-refractivity contribution in [2.45, 2.75) is 31.7 Å². The fourth-order valence-corrected chi connectivity index (χ4v) is 2.00. The Balaban J connectivity index is 0.00000180. The van der Waals surface area contributed by atoms with Gasteiger partial charge in [-0.05, 0) is 36.5 Å². The summed E-state index contributed by atoms with van der Waals surface area (Å²) in [7, 11) is 0. The zero-order valence-corrected chi connectivity index (χ0v) is 10.7. The van der Waals surface area contributed by atoms with Crippen LogP contribution in [-0.2, 0) is 0 Å². The van der Waals surface area contributed by atoms with Gasteiger partial charge in [0, 0.05) is 6.04 Å². The molecule has 0 radical (unpaired) electrons. The predicted octanol–water partition coefficient (Wildman–Crippen LogP) is 3.95. The summed E-state index contributed by atoms with van der Waals surface area (Å²) < 4.78 is 52.9. The van der Waals surface area contributed by atoms with Crippen molar-refractivity contribution in [3.8, 4) is 5.75 Å². The van der Waals surface area contributed by atoms with Gasteiger partial charge in [0.2, 0.25) is 0 Å². The highest BCUT2D eigenvalue weighted by atomic mass is 35.5. The number of rotatable bonds is 3. The van der Waals surface area contributed by atoms with E-state index in [1.54, 1.807) is 0 Å². The van der Waals surface area contributed by atoms with Crippen molar-refractivity contribution >= 4 is 12.4 Å². The first-order valence-corrected chi connectivity index (χ1v) is 5.67. The lowest BCUT2D eigenvalue weighted by molar-refractivity contribution is -0.275. The zero-order valence-electron chi connectivity index (χ0n) is 9.91. The summed E-state index contributed by atoms with van der Waals surface area (Å²) in [4.78, 5) is 0. The lowest BCUT2D eigenvalue weighted by Gasteiger charge is -2.31. The number of benzene rings is 1. The van der Waals surface area contributed by atoms with Crippen molar-refractivity contribution in [1.29, 1.82) is 0 Å². The van der Waals surface area contributed by atoms with E-state index in [1.165, 1.54) is 6.07 Å². The molecular weight excluding hydrogens is 286 g/mol. The molecular formula is C12H14ClF4NO. The van der Waals surface area contributed by atoms with Crippen molar-refractivity contribution in [1.82, 2.24) is 0 Å². The highest BCUT2D eigenvalue weighted by Crippen LogP contribution is 2.37. The van der Waals surface area contributed by atoms with Crippen LogP contribution in [0.1, 0.15) is 30.9 Å². The number of hydrogen-bond acceptors (Lipinski definition) is 2. The molecule has 7 heteroatoms. The van der Waals surface area contributed by atoms with Crippen molar-refractivity contribution in [2.24, 2.45) is 11.7 Å². The first-order chi connectivity index (χ1) is 8.37. The molecule has 0 saturated heterocycles. The summed E-state index contributed by atoms with van der Waals surface area (Å²) in [6.45, 7) is 0. The molecule has 0 aromatic heterocycles. The maximum atomic E-state index is 13.4. The molecule has 2 N–H and O–H groups in total. The van der Waals surface area contributed by atoms with Gasteiger partial charge in [-0.15, -0.1) is 25.6 Å². The molecule has 1 aromatic carbocycles. The number of nitrogens with two attached hydrogens (primary N) is 1. The number of ether oxygens (including phenoxy) is 1. The molecule has 1 aromatic rings. The normalized spacial score (nSPS) is 17.3. The van der Waals surface area contributed by atoms with E-state index in [2.05, 4.69) is 4.74 Å². The fourth-order valence-electron chi connectivity index (χ4n) is 2.00. The van der Waals surface area contributed by atoms with Gasteiger partial charge in [0.05, 0.1) is 0 Å². The molecule has 2 nitrogen and oxygen atoms in total. The Kier molecular flexibility index (Phi) is 5.04. The van der Waals surface area contributed by atoms with Crippen LogP contribution in [0.15, 0.2) is 18.2 Å². The third-order valence-corrected chi connectivity index (χ3v) is 3.22. The minimum atomic E-state index is -4.89. The van der Waals surface area contributed by atoms with Gasteiger partial charge >= 0.3 is 6.36 Å². The molecule has 108 valence electrons. The maximum absolute atomic E-state index is 13.4. The Morgan fingerprint density at radius 3 is 2.32 bits per heavy atom. The summed E-state index contributed by atoms with van der Waals surface area (Å²) in [5.41, 5.74) is 6.42. The van der Waals surface area contributed by atoms with Crippen LogP contribution >= 0.6 is 12.4 Å². The summed E-state index contributed by atoms with van der Waals surface area (Å²) in [6.07, 6.45) is -1.85. The zero-order chi connectivity index (χ0) is 13.3. The second-order valence-corrected chi connectivity index (χ2v) is 4.45. The van der Waals surface area contributed by atoms with Crippen LogP contribution < -0.4 is 10.5 Å². The Hall–Kier alpha value is -1.01. The van der Waals surface area contributed by atoms with Crippen molar-refractivity contribution < 1.29 is 22.3 Å². The Labute approximate surface area is 114 Å². The number of hydrogen-bond donors (Lipinski definition) is 1. The molecule has 2 rings (SSSR count). The Morgan fingerprint density at radius 1 is 1.26 bits per heavy atom. The molecule has 1 aliphatic carbocycles. The first kappa shape index (κ1) is 16.0.